The van der Waals surface area contributed by atoms with E-state index in [-0.39, 0.29) is 16.9 Å². The van der Waals surface area contributed by atoms with Gasteiger partial charge in [0, 0.05) is 25.7 Å². The SMILES string of the molecule is CCCC/C=C(\C)C(C)(C)c1cc(O)cc(O)c1.COC. The summed E-state index contributed by atoms with van der Waals surface area (Å²) in [6.07, 6.45) is 5.72. The molecule has 0 atom stereocenters. The molecule has 0 saturated carbocycles. The topological polar surface area (TPSA) is 49.7 Å². The number of aromatic hydroxyl groups is 2. The van der Waals surface area contributed by atoms with Gasteiger partial charge in [0.2, 0.25) is 0 Å². The van der Waals surface area contributed by atoms with Crippen LogP contribution in [0.2, 0.25) is 0 Å². The van der Waals surface area contributed by atoms with Crippen LogP contribution < -0.4 is 0 Å². The lowest BCUT2D eigenvalue weighted by molar-refractivity contribution is 0.277. The second-order valence-electron chi connectivity index (χ2n) is 5.80. The maximum absolute atomic E-state index is 9.57. The van der Waals surface area contributed by atoms with Crippen molar-refractivity contribution >= 4 is 0 Å². The number of ether oxygens (including phenoxy) is 1. The molecule has 3 heteroatoms. The van der Waals surface area contributed by atoms with E-state index in [1.807, 2.05) is 0 Å². The number of phenols is 2. The monoisotopic (exact) mass is 294 g/mol. The molecule has 0 aliphatic heterocycles. The molecule has 1 rings (SSSR count). The predicted octanol–water partition coefficient (Wildman–Crippen LogP) is 4.77. The van der Waals surface area contributed by atoms with E-state index in [1.165, 1.54) is 24.5 Å². The Kier molecular flexibility index (Phi) is 8.79. The largest absolute Gasteiger partial charge is 0.508 e. The average Bonchev–Trinajstić information content (AvgIpc) is 2.38. The van der Waals surface area contributed by atoms with E-state index < -0.39 is 0 Å². The Balaban J connectivity index is 0.00000122. The van der Waals surface area contributed by atoms with E-state index in [0.29, 0.717) is 0 Å². The molecule has 2 N–H and O–H groups in total. The second kappa shape index (κ2) is 9.46. The third-order valence-corrected chi connectivity index (χ3v) is 3.62. The highest BCUT2D eigenvalue weighted by atomic mass is 16.4. The van der Waals surface area contributed by atoms with Gasteiger partial charge in [-0.1, -0.05) is 45.3 Å². The molecule has 0 saturated heterocycles. The van der Waals surface area contributed by atoms with Crippen LogP contribution in [0.4, 0.5) is 0 Å². The Bertz CT molecular complexity index is 428. The number of benzene rings is 1. The molecular formula is C18H30O3. The van der Waals surface area contributed by atoms with Gasteiger partial charge in [-0.2, -0.15) is 0 Å². The summed E-state index contributed by atoms with van der Waals surface area (Å²) >= 11 is 0. The van der Waals surface area contributed by atoms with Gasteiger partial charge >= 0.3 is 0 Å². The number of hydrogen-bond donors (Lipinski definition) is 2. The Morgan fingerprint density at radius 1 is 1.14 bits per heavy atom. The van der Waals surface area contributed by atoms with Gasteiger partial charge in [-0.3, -0.25) is 0 Å². The zero-order chi connectivity index (χ0) is 16.5. The highest BCUT2D eigenvalue weighted by molar-refractivity contribution is 5.43. The summed E-state index contributed by atoms with van der Waals surface area (Å²) in [5.41, 5.74) is 2.02. The fourth-order valence-electron chi connectivity index (χ4n) is 1.96. The van der Waals surface area contributed by atoms with Crippen molar-refractivity contribution in [3.05, 3.63) is 35.4 Å². The summed E-state index contributed by atoms with van der Waals surface area (Å²) in [5, 5.41) is 19.1. The Labute approximate surface area is 129 Å². The molecule has 0 aromatic heterocycles. The van der Waals surface area contributed by atoms with Crippen molar-refractivity contribution in [3.63, 3.8) is 0 Å². The molecule has 0 unspecified atom stereocenters. The molecule has 1 aromatic rings. The Morgan fingerprint density at radius 2 is 1.62 bits per heavy atom. The number of unbranched alkanes of at least 4 members (excludes halogenated alkanes) is 2. The summed E-state index contributed by atoms with van der Waals surface area (Å²) in [7, 11) is 3.25. The van der Waals surface area contributed by atoms with Gasteiger partial charge in [-0.15, -0.1) is 0 Å². The minimum absolute atomic E-state index is 0.111. The maximum atomic E-state index is 9.57. The lowest BCUT2D eigenvalue weighted by Gasteiger charge is -2.27. The first-order chi connectivity index (χ1) is 9.79. The van der Waals surface area contributed by atoms with E-state index in [0.717, 1.165) is 12.0 Å². The van der Waals surface area contributed by atoms with Crippen molar-refractivity contribution < 1.29 is 14.9 Å². The van der Waals surface area contributed by atoms with Crippen LogP contribution in [-0.2, 0) is 10.2 Å². The van der Waals surface area contributed by atoms with Crippen LogP contribution in [0.5, 0.6) is 11.5 Å². The number of phenolic OH excluding ortho intramolecular Hbond substituents is 2. The molecule has 120 valence electrons. The van der Waals surface area contributed by atoms with Crippen molar-refractivity contribution in [3.8, 4) is 11.5 Å². The molecule has 0 fully saturated rings. The van der Waals surface area contributed by atoms with Gasteiger partial charge in [0.25, 0.3) is 0 Å². The molecule has 0 spiro atoms. The van der Waals surface area contributed by atoms with Gasteiger partial charge in [-0.25, -0.2) is 0 Å². The van der Waals surface area contributed by atoms with Crippen LogP contribution in [0.1, 0.15) is 52.5 Å². The highest BCUT2D eigenvalue weighted by Gasteiger charge is 2.23. The zero-order valence-corrected chi connectivity index (χ0v) is 14.2. The lowest BCUT2D eigenvalue weighted by atomic mass is 9.77. The third-order valence-electron chi connectivity index (χ3n) is 3.62. The zero-order valence-electron chi connectivity index (χ0n) is 14.2. The molecule has 0 aliphatic carbocycles. The van der Waals surface area contributed by atoms with Crippen LogP contribution >= 0.6 is 0 Å². The predicted molar refractivity (Wildman–Crippen MR) is 89.0 cm³/mol. The molecule has 21 heavy (non-hydrogen) atoms. The molecule has 0 aliphatic rings. The molecule has 1 aromatic carbocycles. The minimum atomic E-state index is -0.177. The van der Waals surface area contributed by atoms with Crippen molar-refractivity contribution in [2.24, 2.45) is 0 Å². The van der Waals surface area contributed by atoms with Gasteiger partial charge in [0.15, 0.2) is 0 Å². The first kappa shape index (κ1) is 19.5. The first-order valence-electron chi connectivity index (χ1n) is 7.40. The molecule has 0 bridgehead atoms. The molecular weight excluding hydrogens is 264 g/mol. The van der Waals surface area contributed by atoms with Gasteiger partial charge < -0.3 is 14.9 Å². The van der Waals surface area contributed by atoms with Crippen molar-refractivity contribution in [1.29, 1.82) is 0 Å². The summed E-state index contributed by atoms with van der Waals surface area (Å²) in [5.74, 6) is 0.221. The van der Waals surface area contributed by atoms with Gasteiger partial charge in [0.05, 0.1) is 0 Å². The van der Waals surface area contributed by atoms with E-state index in [1.54, 1.807) is 26.4 Å². The first-order valence-corrected chi connectivity index (χ1v) is 7.40. The lowest BCUT2D eigenvalue weighted by Crippen LogP contribution is -2.18. The molecule has 0 amide bonds. The number of methoxy groups -OCH3 is 1. The quantitative estimate of drug-likeness (QED) is 0.607. The highest BCUT2D eigenvalue weighted by Crippen LogP contribution is 2.35. The summed E-state index contributed by atoms with van der Waals surface area (Å²) < 4.78 is 4.25. The smallest absolute Gasteiger partial charge is 0.119 e. The molecule has 0 heterocycles. The van der Waals surface area contributed by atoms with E-state index in [9.17, 15) is 10.2 Å². The van der Waals surface area contributed by atoms with Crippen LogP contribution in [0.25, 0.3) is 0 Å². The Morgan fingerprint density at radius 3 is 2.05 bits per heavy atom. The molecule has 3 nitrogen and oxygen atoms in total. The van der Waals surface area contributed by atoms with E-state index in [4.69, 9.17) is 0 Å². The normalized spacial score (nSPS) is 11.8. The minimum Gasteiger partial charge on any atom is -0.508 e. The Hall–Kier alpha value is -1.48. The van der Waals surface area contributed by atoms with Crippen molar-refractivity contribution in [1.82, 2.24) is 0 Å². The number of rotatable bonds is 5. The second-order valence-corrected chi connectivity index (χ2v) is 5.80. The van der Waals surface area contributed by atoms with Crippen molar-refractivity contribution in [2.75, 3.05) is 14.2 Å². The fourth-order valence-corrected chi connectivity index (χ4v) is 1.96. The summed E-state index contributed by atoms with van der Waals surface area (Å²) in [6.45, 7) is 8.51. The maximum Gasteiger partial charge on any atom is 0.119 e. The van der Waals surface area contributed by atoms with Crippen LogP contribution in [0.15, 0.2) is 29.8 Å². The average molecular weight is 294 g/mol. The number of allylic oxidation sites excluding steroid dienone is 2. The summed E-state index contributed by atoms with van der Waals surface area (Å²) in [6, 6.07) is 4.80. The molecule has 0 radical (unpaired) electrons. The standard InChI is InChI=1S/C16H24O2.C2H6O/c1-5-6-7-8-12(2)16(3,4)13-9-14(17)11-15(18)10-13;1-3-2/h8-11,17-18H,5-7H2,1-4H3;1-2H3/b12-8+;. The van der Waals surface area contributed by atoms with E-state index >= 15 is 0 Å². The van der Waals surface area contributed by atoms with E-state index in [2.05, 4.69) is 38.5 Å². The van der Waals surface area contributed by atoms with Crippen LogP contribution in [0, 0.1) is 0 Å². The van der Waals surface area contributed by atoms with Crippen LogP contribution in [-0.4, -0.2) is 24.4 Å². The third kappa shape index (κ3) is 6.67. The fraction of sp³-hybridized carbons (Fsp3) is 0.556. The van der Waals surface area contributed by atoms with Gasteiger partial charge in [0.1, 0.15) is 11.5 Å². The van der Waals surface area contributed by atoms with Crippen molar-refractivity contribution in [2.45, 2.75) is 52.4 Å². The van der Waals surface area contributed by atoms with Gasteiger partial charge in [-0.05, 0) is 31.0 Å². The summed E-state index contributed by atoms with van der Waals surface area (Å²) in [4.78, 5) is 0. The van der Waals surface area contributed by atoms with Crippen LogP contribution in [0.3, 0.4) is 0 Å². The number of hydrogen-bond acceptors (Lipinski definition) is 3.